The molecule has 0 saturated carbocycles. The minimum atomic E-state index is -4.50. The fourth-order valence-electron chi connectivity index (χ4n) is 4.83. The molecule has 1 amide bonds. The van der Waals surface area contributed by atoms with Gasteiger partial charge < -0.3 is 5.32 Å². The Kier molecular flexibility index (Phi) is 7.56. The molecule has 4 aromatic carbocycles. The second-order valence-corrected chi connectivity index (χ2v) is 11.4. The predicted octanol–water partition coefficient (Wildman–Crippen LogP) is 5.87. The van der Waals surface area contributed by atoms with Crippen molar-refractivity contribution in [1.82, 2.24) is 5.32 Å². The maximum absolute atomic E-state index is 13.9. The molecule has 1 atom stereocenters. The van der Waals surface area contributed by atoms with Crippen molar-refractivity contribution in [2.45, 2.75) is 36.5 Å². The Morgan fingerprint density at radius 2 is 1.59 bits per heavy atom. The summed E-state index contributed by atoms with van der Waals surface area (Å²) in [6.07, 6.45) is -4.04. The van der Waals surface area contributed by atoms with E-state index >= 15 is 0 Å². The standard InChI is InChI=1S/C31H24F3N3O3S/c32-31(33,34)26-6-3-5-24(18-26)23-12-14-27(15-13-23)41(39,40)37-28-7-2-1-4-25(28)19-29(37)30(38)36-20-22-10-8-21(9-11-22)16-17-35/h1-15,18,29H,16,19-20H2,(H,36,38)/t29-/m0/s1. The van der Waals surface area contributed by atoms with Gasteiger partial charge in [0.25, 0.3) is 10.0 Å². The van der Waals surface area contributed by atoms with Crippen LogP contribution in [0.15, 0.2) is 102 Å². The molecule has 41 heavy (non-hydrogen) atoms. The average molecular weight is 576 g/mol. The van der Waals surface area contributed by atoms with E-state index in [4.69, 9.17) is 5.26 Å². The largest absolute Gasteiger partial charge is 0.416 e. The third-order valence-electron chi connectivity index (χ3n) is 6.94. The van der Waals surface area contributed by atoms with Crippen LogP contribution in [0.4, 0.5) is 18.9 Å². The Morgan fingerprint density at radius 3 is 2.27 bits per heavy atom. The van der Waals surface area contributed by atoms with E-state index in [-0.39, 0.29) is 24.3 Å². The molecular formula is C31H24F3N3O3S. The van der Waals surface area contributed by atoms with Gasteiger partial charge in [0.1, 0.15) is 6.04 Å². The highest BCUT2D eigenvalue weighted by Gasteiger charge is 2.42. The average Bonchev–Trinajstić information content (AvgIpc) is 3.37. The smallest absolute Gasteiger partial charge is 0.350 e. The summed E-state index contributed by atoms with van der Waals surface area (Å²) in [4.78, 5) is 13.3. The maximum Gasteiger partial charge on any atom is 0.416 e. The number of anilines is 1. The molecule has 10 heteroatoms. The molecule has 1 heterocycles. The van der Waals surface area contributed by atoms with Gasteiger partial charge in [-0.25, -0.2) is 8.42 Å². The van der Waals surface area contributed by atoms with Crippen LogP contribution in [0.3, 0.4) is 0 Å². The van der Waals surface area contributed by atoms with Gasteiger partial charge in [-0.2, -0.15) is 18.4 Å². The van der Waals surface area contributed by atoms with Gasteiger partial charge in [-0.3, -0.25) is 9.10 Å². The van der Waals surface area contributed by atoms with E-state index in [2.05, 4.69) is 11.4 Å². The molecule has 5 rings (SSSR count). The van der Waals surface area contributed by atoms with Crippen molar-refractivity contribution in [3.05, 3.63) is 119 Å². The molecule has 4 aromatic rings. The number of benzene rings is 4. The number of para-hydroxylation sites is 1. The monoisotopic (exact) mass is 575 g/mol. The number of fused-ring (bicyclic) bond motifs is 1. The Bertz CT molecular complexity index is 1730. The third kappa shape index (κ3) is 5.81. The van der Waals surface area contributed by atoms with Gasteiger partial charge in [-0.1, -0.05) is 66.7 Å². The summed E-state index contributed by atoms with van der Waals surface area (Å²) in [6, 6.07) is 25.5. The highest BCUT2D eigenvalue weighted by Crippen LogP contribution is 2.38. The van der Waals surface area contributed by atoms with Crippen LogP contribution >= 0.6 is 0 Å². The molecular weight excluding hydrogens is 551 g/mol. The first-order valence-corrected chi connectivity index (χ1v) is 14.1. The lowest BCUT2D eigenvalue weighted by molar-refractivity contribution is -0.137. The van der Waals surface area contributed by atoms with E-state index in [1.807, 2.05) is 0 Å². The molecule has 0 aliphatic carbocycles. The van der Waals surface area contributed by atoms with Crippen LogP contribution in [-0.4, -0.2) is 20.4 Å². The zero-order valence-corrected chi connectivity index (χ0v) is 22.4. The number of rotatable bonds is 7. The first-order valence-electron chi connectivity index (χ1n) is 12.7. The van der Waals surface area contributed by atoms with Gasteiger partial charge >= 0.3 is 6.18 Å². The molecule has 6 nitrogen and oxygen atoms in total. The number of alkyl halides is 3. The number of nitrogens with one attached hydrogen (secondary N) is 1. The highest BCUT2D eigenvalue weighted by molar-refractivity contribution is 7.93. The molecule has 0 fully saturated rings. The Labute approximate surface area is 235 Å². The SMILES string of the molecule is N#CCc1ccc(CNC(=O)[C@@H]2Cc3ccccc3N2S(=O)(=O)c2ccc(-c3cccc(C(F)(F)F)c3)cc2)cc1. The summed E-state index contributed by atoms with van der Waals surface area (Å²) in [5.74, 6) is -0.466. The van der Waals surface area contributed by atoms with E-state index in [0.29, 0.717) is 22.4 Å². The lowest BCUT2D eigenvalue weighted by Crippen LogP contribution is -2.47. The summed E-state index contributed by atoms with van der Waals surface area (Å²) < 4.78 is 68.4. The first-order chi connectivity index (χ1) is 19.6. The van der Waals surface area contributed by atoms with Crippen molar-refractivity contribution in [3.63, 3.8) is 0 Å². The zero-order chi connectivity index (χ0) is 29.2. The summed E-state index contributed by atoms with van der Waals surface area (Å²) in [5, 5.41) is 11.7. The van der Waals surface area contributed by atoms with Crippen LogP contribution in [0.25, 0.3) is 11.1 Å². The Morgan fingerprint density at radius 1 is 0.902 bits per heavy atom. The quantitative estimate of drug-likeness (QED) is 0.298. The minimum Gasteiger partial charge on any atom is -0.350 e. The highest BCUT2D eigenvalue weighted by atomic mass is 32.2. The van der Waals surface area contributed by atoms with Gasteiger partial charge in [0.2, 0.25) is 5.91 Å². The molecule has 0 radical (unpaired) electrons. The molecule has 1 aliphatic rings. The number of halogens is 3. The molecule has 1 aliphatic heterocycles. The van der Waals surface area contributed by atoms with Crippen molar-refractivity contribution in [1.29, 1.82) is 5.26 Å². The predicted molar refractivity (Wildman–Crippen MR) is 148 cm³/mol. The molecule has 0 spiro atoms. The van der Waals surface area contributed by atoms with Crippen LogP contribution in [0.2, 0.25) is 0 Å². The molecule has 208 valence electrons. The van der Waals surface area contributed by atoms with Crippen molar-refractivity contribution in [3.8, 4) is 17.2 Å². The fourth-order valence-corrected chi connectivity index (χ4v) is 6.48. The zero-order valence-electron chi connectivity index (χ0n) is 21.6. The van der Waals surface area contributed by atoms with E-state index < -0.39 is 33.7 Å². The number of sulfonamides is 1. The third-order valence-corrected chi connectivity index (χ3v) is 8.77. The first kappa shape index (κ1) is 27.9. The summed E-state index contributed by atoms with van der Waals surface area (Å²) in [7, 11) is -4.21. The van der Waals surface area contributed by atoms with Gasteiger partial charge in [0.05, 0.1) is 28.6 Å². The maximum atomic E-state index is 13.9. The van der Waals surface area contributed by atoms with Gasteiger partial charge in [0, 0.05) is 13.0 Å². The topological polar surface area (TPSA) is 90.3 Å². The summed E-state index contributed by atoms with van der Waals surface area (Å²) in [6.45, 7) is 0.179. The molecule has 0 unspecified atom stereocenters. The van der Waals surface area contributed by atoms with Gasteiger partial charge in [-0.05, 0) is 58.1 Å². The number of carbonyl (C=O) groups is 1. The number of carbonyl (C=O) groups excluding carboxylic acids is 1. The number of nitrogens with zero attached hydrogens (tertiary/aromatic N) is 2. The van der Waals surface area contributed by atoms with Crippen molar-refractivity contribution in [2.24, 2.45) is 0 Å². The number of amides is 1. The minimum absolute atomic E-state index is 0.0872. The van der Waals surface area contributed by atoms with E-state index in [0.717, 1.165) is 27.6 Å². The molecule has 0 aromatic heterocycles. The van der Waals surface area contributed by atoms with E-state index in [9.17, 15) is 26.4 Å². The van der Waals surface area contributed by atoms with Crippen molar-refractivity contribution < 1.29 is 26.4 Å². The number of hydrogen-bond acceptors (Lipinski definition) is 4. The van der Waals surface area contributed by atoms with E-state index in [1.54, 1.807) is 48.5 Å². The molecule has 0 bridgehead atoms. The van der Waals surface area contributed by atoms with E-state index in [1.165, 1.54) is 36.4 Å². The Balaban J connectivity index is 1.40. The van der Waals surface area contributed by atoms with Crippen LogP contribution < -0.4 is 9.62 Å². The second kappa shape index (κ2) is 11.1. The van der Waals surface area contributed by atoms with Crippen LogP contribution in [-0.2, 0) is 40.4 Å². The summed E-state index contributed by atoms with van der Waals surface area (Å²) in [5.41, 5.74) is 2.68. The number of nitriles is 1. The number of hydrogen-bond donors (Lipinski definition) is 1. The van der Waals surface area contributed by atoms with Crippen molar-refractivity contribution >= 4 is 21.6 Å². The lowest BCUT2D eigenvalue weighted by atomic mass is 10.0. The van der Waals surface area contributed by atoms with Crippen LogP contribution in [0.5, 0.6) is 0 Å². The fraction of sp³-hybridized carbons (Fsp3) is 0.161. The van der Waals surface area contributed by atoms with Crippen molar-refractivity contribution in [2.75, 3.05) is 4.31 Å². The molecule has 1 N–H and O–H groups in total. The van der Waals surface area contributed by atoms with Crippen LogP contribution in [0.1, 0.15) is 22.3 Å². The van der Waals surface area contributed by atoms with Gasteiger partial charge in [0.15, 0.2) is 0 Å². The lowest BCUT2D eigenvalue weighted by Gasteiger charge is -2.26. The van der Waals surface area contributed by atoms with Crippen LogP contribution in [0, 0.1) is 11.3 Å². The Hall–Kier alpha value is -4.62. The van der Waals surface area contributed by atoms with Gasteiger partial charge in [-0.15, -0.1) is 0 Å². The second-order valence-electron chi connectivity index (χ2n) is 9.62. The molecule has 0 saturated heterocycles. The summed E-state index contributed by atoms with van der Waals surface area (Å²) >= 11 is 0. The normalized spacial score (nSPS) is 14.8.